The summed E-state index contributed by atoms with van der Waals surface area (Å²) >= 11 is 0. The molecule has 1 fully saturated rings. The first-order valence-corrected chi connectivity index (χ1v) is 7.28. The summed E-state index contributed by atoms with van der Waals surface area (Å²) in [5.74, 6) is 0.466. The molecular formula is C17H27ClFN. The molecule has 0 amide bonds. The van der Waals surface area contributed by atoms with Crippen LogP contribution in [-0.2, 0) is 0 Å². The SMILES string of the molecule is CC1(C)CCC(C)(C)C(CNc2cccc(F)c2)C1.Cl. The summed E-state index contributed by atoms with van der Waals surface area (Å²) in [6, 6.07) is 6.75. The maximum Gasteiger partial charge on any atom is 0.125 e. The van der Waals surface area contributed by atoms with Gasteiger partial charge in [-0.1, -0.05) is 33.8 Å². The average Bonchev–Trinajstić information content (AvgIpc) is 2.31. The third kappa shape index (κ3) is 4.37. The quantitative estimate of drug-likeness (QED) is 0.776. The van der Waals surface area contributed by atoms with Crippen molar-refractivity contribution in [3.8, 4) is 0 Å². The Morgan fingerprint density at radius 1 is 1.20 bits per heavy atom. The molecule has 0 heterocycles. The lowest BCUT2D eigenvalue weighted by atomic mass is 9.60. The molecule has 3 heteroatoms. The summed E-state index contributed by atoms with van der Waals surface area (Å²) in [6.45, 7) is 10.4. The second kappa shape index (κ2) is 6.34. The van der Waals surface area contributed by atoms with Crippen molar-refractivity contribution in [2.45, 2.75) is 47.0 Å². The highest BCUT2D eigenvalue weighted by Crippen LogP contribution is 2.48. The number of hydrogen-bond acceptors (Lipinski definition) is 1. The van der Waals surface area contributed by atoms with Gasteiger partial charge in [-0.3, -0.25) is 0 Å². The molecule has 1 N–H and O–H groups in total. The van der Waals surface area contributed by atoms with E-state index in [4.69, 9.17) is 0 Å². The van der Waals surface area contributed by atoms with E-state index in [0.717, 1.165) is 12.2 Å². The molecule has 1 saturated carbocycles. The molecule has 1 nitrogen and oxygen atoms in total. The second-order valence-corrected chi connectivity index (χ2v) is 7.45. The molecule has 0 aromatic heterocycles. The standard InChI is InChI=1S/C17H26FN.ClH/c1-16(2)8-9-17(3,4)13(11-16)12-19-15-7-5-6-14(18)10-15;/h5-7,10,13,19H,8-9,11-12H2,1-4H3;1H. The Labute approximate surface area is 128 Å². The van der Waals surface area contributed by atoms with Gasteiger partial charge in [0, 0.05) is 12.2 Å². The second-order valence-electron chi connectivity index (χ2n) is 7.45. The lowest BCUT2D eigenvalue weighted by molar-refractivity contribution is 0.0628. The van der Waals surface area contributed by atoms with Crippen molar-refractivity contribution in [1.29, 1.82) is 0 Å². The predicted octanol–water partition coefficient (Wildman–Crippen LogP) is 5.51. The zero-order valence-corrected chi connectivity index (χ0v) is 13.8. The van der Waals surface area contributed by atoms with Crippen molar-refractivity contribution in [3.63, 3.8) is 0 Å². The molecule has 20 heavy (non-hydrogen) atoms. The number of nitrogens with one attached hydrogen (secondary N) is 1. The van der Waals surface area contributed by atoms with Crippen LogP contribution in [0.2, 0.25) is 0 Å². The Morgan fingerprint density at radius 2 is 1.90 bits per heavy atom. The van der Waals surface area contributed by atoms with Gasteiger partial charge in [0.2, 0.25) is 0 Å². The summed E-state index contributed by atoms with van der Waals surface area (Å²) in [5, 5.41) is 3.41. The van der Waals surface area contributed by atoms with E-state index < -0.39 is 0 Å². The Morgan fingerprint density at radius 3 is 2.55 bits per heavy atom. The van der Waals surface area contributed by atoms with Crippen LogP contribution in [0.25, 0.3) is 0 Å². The first-order chi connectivity index (χ1) is 8.78. The first kappa shape index (κ1) is 17.3. The topological polar surface area (TPSA) is 12.0 Å². The van der Waals surface area contributed by atoms with E-state index in [0.29, 0.717) is 16.7 Å². The number of anilines is 1. The third-order valence-electron chi connectivity index (χ3n) is 4.73. The monoisotopic (exact) mass is 299 g/mol. The van der Waals surface area contributed by atoms with Gasteiger partial charge in [-0.2, -0.15) is 0 Å². The zero-order chi connectivity index (χ0) is 14.1. The van der Waals surface area contributed by atoms with Gasteiger partial charge in [0.25, 0.3) is 0 Å². The Balaban J connectivity index is 0.00000200. The van der Waals surface area contributed by atoms with Crippen molar-refractivity contribution < 1.29 is 4.39 Å². The molecule has 1 unspecified atom stereocenters. The van der Waals surface area contributed by atoms with Crippen molar-refractivity contribution in [1.82, 2.24) is 0 Å². The lowest BCUT2D eigenvalue weighted by Crippen LogP contribution is -2.39. The van der Waals surface area contributed by atoms with Crippen LogP contribution in [-0.4, -0.2) is 6.54 Å². The summed E-state index contributed by atoms with van der Waals surface area (Å²) in [5.41, 5.74) is 1.69. The van der Waals surface area contributed by atoms with Crippen molar-refractivity contribution >= 4 is 18.1 Å². The number of halogens is 2. The van der Waals surface area contributed by atoms with Gasteiger partial charge in [0.15, 0.2) is 0 Å². The van der Waals surface area contributed by atoms with Crippen LogP contribution in [0.3, 0.4) is 0 Å². The molecule has 0 radical (unpaired) electrons. The molecule has 2 rings (SSSR count). The molecule has 0 aliphatic heterocycles. The highest BCUT2D eigenvalue weighted by molar-refractivity contribution is 5.85. The van der Waals surface area contributed by atoms with Crippen LogP contribution in [0, 0.1) is 22.6 Å². The van der Waals surface area contributed by atoms with Crippen molar-refractivity contribution in [2.24, 2.45) is 16.7 Å². The fourth-order valence-corrected chi connectivity index (χ4v) is 3.10. The number of hydrogen-bond donors (Lipinski definition) is 1. The first-order valence-electron chi connectivity index (χ1n) is 7.28. The Kier molecular flexibility index (Phi) is 5.48. The van der Waals surface area contributed by atoms with E-state index in [1.54, 1.807) is 12.1 Å². The normalized spacial score (nSPS) is 23.8. The Bertz CT molecular complexity index is 442. The summed E-state index contributed by atoms with van der Waals surface area (Å²) < 4.78 is 13.2. The predicted molar refractivity (Wildman–Crippen MR) is 87.0 cm³/mol. The van der Waals surface area contributed by atoms with E-state index in [1.807, 2.05) is 6.07 Å². The lowest BCUT2D eigenvalue weighted by Gasteiger charge is -2.46. The molecule has 0 bridgehead atoms. The van der Waals surface area contributed by atoms with Crippen LogP contribution in [0.5, 0.6) is 0 Å². The smallest absolute Gasteiger partial charge is 0.125 e. The fourth-order valence-electron chi connectivity index (χ4n) is 3.10. The third-order valence-corrected chi connectivity index (χ3v) is 4.73. The van der Waals surface area contributed by atoms with Crippen LogP contribution in [0.15, 0.2) is 24.3 Å². The van der Waals surface area contributed by atoms with Crippen LogP contribution < -0.4 is 5.32 Å². The molecule has 1 aromatic rings. The van der Waals surface area contributed by atoms with E-state index in [2.05, 4.69) is 33.0 Å². The minimum absolute atomic E-state index is 0. The zero-order valence-electron chi connectivity index (χ0n) is 13.0. The fraction of sp³-hybridized carbons (Fsp3) is 0.647. The van der Waals surface area contributed by atoms with Gasteiger partial charge in [-0.05, 0) is 54.2 Å². The molecule has 1 aromatic carbocycles. The minimum Gasteiger partial charge on any atom is -0.385 e. The van der Waals surface area contributed by atoms with E-state index in [1.165, 1.54) is 25.3 Å². The highest BCUT2D eigenvalue weighted by Gasteiger charge is 2.39. The maximum absolute atomic E-state index is 13.2. The van der Waals surface area contributed by atoms with Gasteiger partial charge in [-0.25, -0.2) is 4.39 Å². The molecule has 1 aliphatic rings. The molecule has 114 valence electrons. The van der Waals surface area contributed by atoms with E-state index in [9.17, 15) is 4.39 Å². The average molecular weight is 300 g/mol. The van der Waals surface area contributed by atoms with Crippen molar-refractivity contribution in [3.05, 3.63) is 30.1 Å². The highest BCUT2D eigenvalue weighted by atomic mass is 35.5. The van der Waals surface area contributed by atoms with Crippen molar-refractivity contribution in [2.75, 3.05) is 11.9 Å². The van der Waals surface area contributed by atoms with Crippen LogP contribution in [0.4, 0.5) is 10.1 Å². The minimum atomic E-state index is -0.173. The largest absolute Gasteiger partial charge is 0.385 e. The van der Waals surface area contributed by atoms with Gasteiger partial charge < -0.3 is 5.32 Å². The molecular weight excluding hydrogens is 273 g/mol. The van der Waals surface area contributed by atoms with Gasteiger partial charge in [-0.15, -0.1) is 12.4 Å². The van der Waals surface area contributed by atoms with E-state index >= 15 is 0 Å². The summed E-state index contributed by atoms with van der Waals surface area (Å²) in [7, 11) is 0. The molecule has 1 aliphatic carbocycles. The summed E-state index contributed by atoms with van der Waals surface area (Å²) in [4.78, 5) is 0. The van der Waals surface area contributed by atoms with Crippen LogP contribution >= 0.6 is 12.4 Å². The number of rotatable bonds is 3. The maximum atomic E-state index is 13.2. The van der Waals surface area contributed by atoms with Gasteiger partial charge in [0.05, 0.1) is 0 Å². The molecule has 0 spiro atoms. The molecule has 0 saturated heterocycles. The summed E-state index contributed by atoms with van der Waals surface area (Å²) in [6.07, 6.45) is 3.81. The molecule has 1 atom stereocenters. The number of benzene rings is 1. The van der Waals surface area contributed by atoms with Crippen LogP contribution in [0.1, 0.15) is 47.0 Å². The Hall–Kier alpha value is -0.760. The van der Waals surface area contributed by atoms with E-state index in [-0.39, 0.29) is 18.2 Å². The van der Waals surface area contributed by atoms with Gasteiger partial charge >= 0.3 is 0 Å². The van der Waals surface area contributed by atoms with Gasteiger partial charge in [0.1, 0.15) is 5.82 Å².